The molecule has 0 aliphatic carbocycles. The van der Waals surface area contributed by atoms with Crippen LogP contribution in [-0.4, -0.2) is 104 Å². The molecule has 0 amide bonds. The Labute approximate surface area is 380 Å². The second kappa shape index (κ2) is 29.2. The first-order valence-corrected chi connectivity index (χ1v) is 24.6. The summed E-state index contributed by atoms with van der Waals surface area (Å²) in [5.74, 6) is 7.39. The molecule has 9 heteroatoms. The van der Waals surface area contributed by atoms with Crippen molar-refractivity contribution in [3.63, 3.8) is 0 Å². The van der Waals surface area contributed by atoms with Crippen LogP contribution in [0.15, 0.2) is 79.7 Å². The van der Waals surface area contributed by atoms with Gasteiger partial charge in [-0.3, -0.25) is 15.0 Å². The number of pyridine rings is 1. The van der Waals surface area contributed by atoms with Crippen molar-refractivity contribution in [2.75, 3.05) is 52.4 Å². The van der Waals surface area contributed by atoms with E-state index in [4.69, 9.17) is 4.74 Å². The van der Waals surface area contributed by atoms with E-state index in [2.05, 4.69) is 136 Å². The van der Waals surface area contributed by atoms with Gasteiger partial charge in [-0.1, -0.05) is 82.2 Å². The molecule has 12 rings (SSSR count). The maximum Gasteiger partial charge on any atom is 0.115 e. The highest BCUT2D eigenvalue weighted by atomic mass is 16.5. The number of nitrogens with zero attached hydrogens (tertiary/aromatic N) is 8. The SMILES string of the molecule is CC(C)C.CC(C)C1=CN2CCC1CC2.CC(C)C1CN2CCC1CC2.CC(C)OC1CN2CCC1CC2.CC(C)c1cnccn1.CC(C)c1cncnc1.c1ccncc1. The molecule has 12 heterocycles. The van der Waals surface area contributed by atoms with E-state index in [9.17, 15) is 0 Å². The molecule has 348 valence electrons. The van der Waals surface area contributed by atoms with Gasteiger partial charge in [0.2, 0.25) is 0 Å². The lowest BCUT2D eigenvalue weighted by molar-refractivity contribution is -0.0921. The van der Waals surface area contributed by atoms with Crippen LogP contribution in [0.1, 0.15) is 152 Å². The van der Waals surface area contributed by atoms with Crippen molar-refractivity contribution in [2.24, 2.45) is 41.4 Å². The van der Waals surface area contributed by atoms with E-state index in [1.807, 2.05) is 30.6 Å². The van der Waals surface area contributed by atoms with Crippen molar-refractivity contribution >= 4 is 0 Å². The summed E-state index contributed by atoms with van der Waals surface area (Å²) in [5, 5.41) is 0. The molecule has 3 aromatic heterocycles. The molecule has 2 atom stereocenters. The van der Waals surface area contributed by atoms with E-state index in [0.29, 0.717) is 24.0 Å². The van der Waals surface area contributed by atoms with Crippen molar-refractivity contribution in [1.29, 1.82) is 0 Å². The van der Waals surface area contributed by atoms with Crippen LogP contribution in [0.4, 0.5) is 0 Å². The smallest absolute Gasteiger partial charge is 0.115 e. The zero-order valence-electron chi connectivity index (χ0n) is 41.7. The van der Waals surface area contributed by atoms with Crippen molar-refractivity contribution in [2.45, 2.75) is 153 Å². The lowest BCUT2D eigenvalue weighted by Gasteiger charge is -2.46. The third-order valence-electron chi connectivity index (χ3n) is 12.6. The highest BCUT2D eigenvalue weighted by molar-refractivity contribution is 5.15. The van der Waals surface area contributed by atoms with Crippen molar-refractivity contribution in [3.8, 4) is 0 Å². The average Bonchev–Trinajstić information content (AvgIpc) is 3.29. The molecule has 7 fully saturated rings. The summed E-state index contributed by atoms with van der Waals surface area (Å²) in [6, 6.07) is 5.72. The average molecular weight is 855 g/mol. The number of ether oxygens (including phenoxy) is 1. The molecule has 9 nitrogen and oxygen atoms in total. The predicted octanol–water partition coefficient (Wildman–Crippen LogP) is 11.7. The maximum atomic E-state index is 5.88. The van der Waals surface area contributed by atoms with Crippen LogP contribution in [0.5, 0.6) is 0 Å². The molecule has 0 spiro atoms. The van der Waals surface area contributed by atoms with Crippen LogP contribution in [0, 0.1) is 41.4 Å². The highest BCUT2D eigenvalue weighted by Gasteiger charge is 2.36. The van der Waals surface area contributed by atoms with E-state index in [1.165, 1.54) is 96.4 Å². The quantitative estimate of drug-likeness (QED) is 0.241. The van der Waals surface area contributed by atoms with Gasteiger partial charge in [-0.2, -0.15) is 0 Å². The summed E-state index contributed by atoms with van der Waals surface area (Å²) < 4.78 is 5.88. The molecule has 0 N–H and O–H groups in total. The van der Waals surface area contributed by atoms with Gasteiger partial charge >= 0.3 is 0 Å². The number of rotatable bonds is 6. The number of fused-ring (bicyclic) bond motifs is 8. The Kier molecular flexibility index (Phi) is 25.0. The molecule has 0 radical (unpaired) electrons. The van der Waals surface area contributed by atoms with E-state index in [1.54, 1.807) is 42.9 Å². The fourth-order valence-corrected chi connectivity index (χ4v) is 9.01. The Morgan fingerprint density at radius 2 is 1.11 bits per heavy atom. The molecule has 9 aliphatic rings. The zero-order chi connectivity index (χ0) is 45.4. The van der Waals surface area contributed by atoms with Crippen LogP contribution in [0.2, 0.25) is 0 Å². The van der Waals surface area contributed by atoms with Gasteiger partial charge in [0.25, 0.3) is 0 Å². The number of hydrogen-bond acceptors (Lipinski definition) is 9. The lowest BCUT2D eigenvalue weighted by Crippen LogP contribution is -2.51. The normalized spacial score (nSPS) is 24.2. The van der Waals surface area contributed by atoms with Gasteiger partial charge in [-0.25, -0.2) is 9.97 Å². The molecule has 7 saturated heterocycles. The Morgan fingerprint density at radius 3 is 1.39 bits per heavy atom. The number of piperidine rings is 7. The molecular weight excluding hydrogens is 765 g/mol. The lowest BCUT2D eigenvalue weighted by atomic mass is 9.74. The molecule has 0 saturated carbocycles. The van der Waals surface area contributed by atoms with E-state index in [0.717, 1.165) is 47.1 Å². The predicted molar refractivity (Wildman–Crippen MR) is 261 cm³/mol. The number of aromatic nitrogens is 5. The topological polar surface area (TPSA) is 83.4 Å². The van der Waals surface area contributed by atoms with Gasteiger partial charge < -0.3 is 19.4 Å². The standard InChI is InChI=1S/C10H19NO.C10H19N.C10H17N.2C7H10N2.C5H5N.C4H10/c1-8(2)12-10-7-11-5-3-9(10)4-6-11;2*1-8(2)10-7-11-5-3-9(10)4-6-11;1-6(2)7-3-8-5-9-4-7;1-6(2)7-5-8-3-4-9-7;1-2-4-6-5-3-1;1-4(2)3/h8-10H,3-7H2,1-2H3;8-10H,3-7H2,1-2H3;7-9H,3-6H2,1-2H3;2*3-6H,1-2H3;1-5H;4H,1-3H3. The van der Waals surface area contributed by atoms with Gasteiger partial charge in [-0.15, -0.1) is 0 Å². The maximum absolute atomic E-state index is 5.88. The van der Waals surface area contributed by atoms with Crippen LogP contribution in [0.25, 0.3) is 0 Å². The fourth-order valence-electron chi connectivity index (χ4n) is 9.01. The summed E-state index contributed by atoms with van der Waals surface area (Å²) in [7, 11) is 0. The third-order valence-corrected chi connectivity index (χ3v) is 12.6. The minimum Gasteiger partial charge on any atom is -0.377 e. The van der Waals surface area contributed by atoms with E-state index < -0.39 is 0 Å². The first kappa shape index (κ1) is 53.1. The van der Waals surface area contributed by atoms with Gasteiger partial charge in [0.1, 0.15) is 6.33 Å². The van der Waals surface area contributed by atoms with E-state index >= 15 is 0 Å². The largest absolute Gasteiger partial charge is 0.377 e. The summed E-state index contributed by atoms with van der Waals surface area (Å²) >= 11 is 0. The Bertz CT molecular complexity index is 1470. The van der Waals surface area contributed by atoms with Gasteiger partial charge in [0, 0.05) is 69.6 Å². The molecular formula is C53H90N8O. The second-order valence-corrected chi connectivity index (χ2v) is 20.4. The molecule has 0 aromatic carbocycles. The molecule has 6 bridgehead atoms. The second-order valence-electron chi connectivity index (χ2n) is 20.4. The first-order chi connectivity index (χ1) is 29.6. The summed E-state index contributed by atoms with van der Waals surface area (Å²) in [6.07, 6.45) is 25.8. The summed E-state index contributed by atoms with van der Waals surface area (Å²) in [6.45, 7) is 39.2. The monoisotopic (exact) mass is 855 g/mol. The van der Waals surface area contributed by atoms with Crippen molar-refractivity contribution < 1.29 is 4.74 Å². The van der Waals surface area contributed by atoms with Gasteiger partial charge in [0.15, 0.2) is 0 Å². The Hall–Kier alpha value is -3.27. The first-order valence-electron chi connectivity index (χ1n) is 24.6. The molecule has 3 aromatic rings. The Morgan fingerprint density at radius 1 is 0.548 bits per heavy atom. The van der Waals surface area contributed by atoms with Crippen LogP contribution in [0.3, 0.4) is 0 Å². The van der Waals surface area contributed by atoms with Crippen molar-refractivity contribution in [1.82, 2.24) is 39.6 Å². The summed E-state index contributed by atoms with van der Waals surface area (Å²) in [4.78, 5) is 27.3. The van der Waals surface area contributed by atoms with Crippen molar-refractivity contribution in [3.05, 3.63) is 90.9 Å². The zero-order valence-corrected chi connectivity index (χ0v) is 41.7. The third kappa shape index (κ3) is 20.5. The van der Waals surface area contributed by atoms with Crippen LogP contribution < -0.4 is 0 Å². The van der Waals surface area contributed by atoms with Gasteiger partial charge in [-0.05, 0) is 161 Å². The minimum atomic E-state index is 0.399. The number of allylic oxidation sites excluding steroid dienone is 1. The molecule has 2 unspecified atom stereocenters. The minimum absolute atomic E-state index is 0.399. The Balaban J connectivity index is 0.000000197. The fraction of sp³-hybridized carbons (Fsp3) is 0.717. The van der Waals surface area contributed by atoms with E-state index in [-0.39, 0.29) is 0 Å². The van der Waals surface area contributed by atoms with Crippen LogP contribution in [-0.2, 0) is 4.74 Å². The van der Waals surface area contributed by atoms with Gasteiger partial charge in [0.05, 0.1) is 17.9 Å². The highest BCUT2D eigenvalue weighted by Crippen LogP contribution is 2.37. The molecule has 62 heavy (non-hydrogen) atoms. The van der Waals surface area contributed by atoms with Crippen LogP contribution >= 0.6 is 0 Å². The molecule has 9 aliphatic heterocycles. The number of hydrogen-bond donors (Lipinski definition) is 0. The summed E-state index contributed by atoms with van der Waals surface area (Å²) in [5.41, 5.74) is 3.94.